The number of rotatable bonds is 8. The van der Waals surface area contributed by atoms with Crippen LogP contribution in [0.2, 0.25) is 9.36 Å². The third-order valence-electron chi connectivity index (χ3n) is 18.6. The van der Waals surface area contributed by atoms with E-state index in [9.17, 15) is 0 Å². The minimum absolute atomic E-state index is 0.0833. The first kappa shape index (κ1) is 49.1. The van der Waals surface area contributed by atoms with E-state index in [-0.39, 0.29) is 77.7 Å². The Labute approximate surface area is 428 Å². The summed E-state index contributed by atoms with van der Waals surface area (Å²) >= 11 is 0.0833. The van der Waals surface area contributed by atoms with Gasteiger partial charge in [-0.1, -0.05) is 146 Å². The summed E-state index contributed by atoms with van der Waals surface area (Å²) in [7, 11) is 0. The van der Waals surface area contributed by atoms with Crippen LogP contribution < -0.4 is 10.2 Å². The van der Waals surface area contributed by atoms with Crippen molar-refractivity contribution < 1.29 is 33.1 Å². The summed E-state index contributed by atoms with van der Waals surface area (Å²) in [5.41, 5.74) is 15.5. The maximum absolute atomic E-state index is 15.4. The van der Waals surface area contributed by atoms with Gasteiger partial charge in [0.05, 0.1) is 11.4 Å². The number of hydrogen-bond donors (Lipinski definition) is 0. The van der Waals surface area contributed by atoms with Crippen molar-refractivity contribution in [1.29, 1.82) is 0 Å². The van der Waals surface area contributed by atoms with E-state index in [1.807, 2.05) is 0 Å². The minimum atomic E-state index is -0.0987. The third-order valence-corrected chi connectivity index (χ3v) is 18.6. The van der Waals surface area contributed by atoms with Gasteiger partial charge in [0.2, 0.25) is 0 Å². The Hall–Kier alpha value is -3.50. The normalized spacial score (nSPS) is 33.7. The van der Waals surface area contributed by atoms with Crippen LogP contribution in [0.4, 0.5) is 0 Å². The SMILES string of the molecule is Cc1cc(-c2ccc(C(C)C)cc2-c2cccc(-c3cc(C(C)C)ccc3-c3cc(C)cc(C45CC6(C)CC(C)(CC(C)(C6)C4)C5)c3[O-])n2)c([O-])c(C23CC4(C)CC(C)(CC(C)(C4)C2)C3)c1.[CH3][Hf+2][CH3]. The molecule has 13 rings (SSSR count). The van der Waals surface area contributed by atoms with Crippen molar-refractivity contribution in [2.75, 3.05) is 0 Å². The van der Waals surface area contributed by atoms with Gasteiger partial charge in [-0.05, 0) is 215 Å². The summed E-state index contributed by atoms with van der Waals surface area (Å²) in [6, 6.07) is 28.7. The molecule has 0 amide bonds. The number of aromatic nitrogens is 1. The van der Waals surface area contributed by atoms with Gasteiger partial charge >= 0.3 is 32.3 Å². The Balaban J connectivity index is 0.00000180. The zero-order valence-electron chi connectivity index (χ0n) is 44.9. The fourth-order valence-corrected chi connectivity index (χ4v) is 19.4. The van der Waals surface area contributed by atoms with Crippen LogP contribution in [0.1, 0.15) is 192 Å². The molecule has 362 valence electrons. The van der Waals surface area contributed by atoms with Crippen molar-refractivity contribution in [3.05, 3.63) is 112 Å². The Morgan fingerprint density at radius 2 is 0.725 bits per heavy atom. The summed E-state index contributed by atoms with van der Waals surface area (Å²) in [4.78, 5) is 5.59. The predicted octanol–water partition coefficient (Wildman–Crippen LogP) is 17.2. The monoisotopic (exact) mass is 1090 g/mol. The molecule has 3 nitrogen and oxygen atoms in total. The topological polar surface area (TPSA) is 59.0 Å². The zero-order chi connectivity index (χ0) is 49.5. The van der Waals surface area contributed by atoms with Gasteiger partial charge in [0.15, 0.2) is 0 Å². The van der Waals surface area contributed by atoms with Crippen LogP contribution in [-0.2, 0) is 33.7 Å². The first-order valence-corrected chi connectivity index (χ1v) is 33.9. The summed E-state index contributed by atoms with van der Waals surface area (Å²) < 4.78 is 4.64. The van der Waals surface area contributed by atoms with Crippen LogP contribution in [0.3, 0.4) is 0 Å². The molecule has 8 aliphatic carbocycles. The standard InChI is InChI=1S/C63H77NO2.2CH3.Hf/c1-38(2)42-16-18-44(48-20-40(5)22-50(54(48)65)62-32-56(7)26-57(8,33-62)28-58(9,27-56)34-62)46(24-42)52-14-13-15-53(64-52)47-25-43(39(3)4)17-19-45(47)49-21-41(6)23-51(55(49)66)63-35-59(10)29-60(11,36-63)31-61(12,30-59)37-63;;;/h13-25,38-39,65-66H,26-37H2,1-12H3;2*1H3;/q;;;+2/p-2. The Morgan fingerprint density at radius 3 is 1.01 bits per heavy atom. The van der Waals surface area contributed by atoms with Crippen molar-refractivity contribution in [1.82, 2.24) is 4.98 Å². The van der Waals surface area contributed by atoms with Gasteiger partial charge in [0.1, 0.15) is 0 Å². The van der Waals surface area contributed by atoms with Crippen molar-refractivity contribution >= 4 is 0 Å². The number of nitrogens with zero attached hydrogens (tertiary/aromatic N) is 1. The quantitative estimate of drug-likeness (QED) is 0.146. The van der Waals surface area contributed by atoms with E-state index in [0.717, 1.165) is 106 Å². The van der Waals surface area contributed by atoms with Crippen molar-refractivity contribution in [3.8, 4) is 56.3 Å². The Morgan fingerprint density at radius 1 is 0.420 bits per heavy atom. The van der Waals surface area contributed by atoms with E-state index >= 15 is 10.2 Å². The van der Waals surface area contributed by atoms with Gasteiger partial charge in [-0.3, -0.25) is 0 Å². The van der Waals surface area contributed by atoms with Crippen LogP contribution in [-0.4, -0.2) is 4.98 Å². The van der Waals surface area contributed by atoms with E-state index in [1.54, 1.807) is 0 Å². The fraction of sp³-hybridized carbons (Fsp3) is 0.554. The van der Waals surface area contributed by atoms with Crippen LogP contribution >= 0.6 is 0 Å². The molecular weight excluding hydrogens is 1010 g/mol. The van der Waals surface area contributed by atoms with Gasteiger partial charge in [0.25, 0.3) is 0 Å². The summed E-state index contributed by atoms with van der Waals surface area (Å²) in [5.74, 6) is 1.01. The molecule has 1 heterocycles. The van der Waals surface area contributed by atoms with E-state index in [0.29, 0.717) is 11.8 Å². The van der Waals surface area contributed by atoms with Crippen molar-refractivity contribution in [2.24, 2.45) is 32.5 Å². The summed E-state index contributed by atoms with van der Waals surface area (Å²) in [6.07, 6.45) is 14.3. The average molecular weight is 1090 g/mol. The first-order chi connectivity index (χ1) is 32.3. The zero-order valence-corrected chi connectivity index (χ0v) is 48.5. The summed E-state index contributed by atoms with van der Waals surface area (Å²) in [6.45, 7) is 28.4. The molecule has 0 radical (unpaired) electrons. The summed E-state index contributed by atoms with van der Waals surface area (Å²) in [5, 5.41) is 30.9. The molecular formula is C65H81HfNO2. The molecule has 8 bridgehead atoms. The molecule has 0 aliphatic heterocycles. The van der Waals surface area contributed by atoms with Gasteiger partial charge in [-0.25, -0.2) is 4.98 Å². The molecule has 0 spiro atoms. The van der Waals surface area contributed by atoms with Crippen molar-refractivity contribution in [2.45, 2.75) is 192 Å². The molecule has 8 fully saturated rings. The van der Waals surface area contributed by atoms with E-state index in [1.165, 1.54) is 49.7 Å². The van der Waals surface area contributed by atoms with Crippen LogP contribution in [0.15, 0.2) is 78.9 Å². The third kappa shape index (κ3) is 8.47. The molecule has 4 heteroatoms. The Bertz CT molecular complexity index is 2570. The molecule has 69 heavy (non-hydrogen) atoms. The molecule has 8 saturated carbocycles. The molecule has 0 N–H and O–H groups in total. The molecule has 5 aromatic rings. The van der Waals surface area contributed by atoms with Gasteiger partial charge in [0, 0.05) is 11.1 Å². The second-order valence-corrected chi connectivity index (χ2v) is 31.3. The van der Waals surface area contributed by atoms with Crippen molar-refractivity contribution in [3.63, 3.8) is 0 Å². The fourth-order valence-electron chi connectivity index (χ4n) is 19.4. The second-order valence-electron chi connectivity index (χ2n) is 27.8. The van der Waals surface area contributed by atoms with Crippen LogP contribution in [0, 0.1) is 46.3 Å². The molecule has 0 atom stereocenters. The molecule has 0 unspecified atom stereocenters. The van der Waals surface area contributed by atoms with Gasteiger partial charge in [-0.2, -0.15) is 0 Å². The number of pyridine rings is 1. The number of aryl methyl sites for hydroxylation is 2. The predicted molar refractivity (Wildman–Crippen MR) is 282 cm³/mol. The second kappa shape index (κ2) is 16.5. The van der Waals surface area contributed by atoms with Gasteiger partial charge < -0.3 is 10.2 Å². The van der Waals surface area contributed by atoms with Crippen LogP contribution in [0.5, 0.6) is 11.5 Å². The molecule has 8 aliphatic rings. The van der Waals surface area contributed by atoms with E-state index in [2.05, 4.69) is 171 Å². The average Bonchev–Trinajstić information content (AvgIpc) is 3.21. The molecule has 1 aromatic heterocycles. The van der Waals surface area contributed by atoms with Gasteiger partial charge in [-0.15, -0.1) is 0 Å². The molecule has 4 aromatic carbocycles. The maximum atomic E-state index is 15.4. The van der Waals surface area contributed by atoms with E-state index in [4.69, 9.17) is 4.98 Å². The van der Waals surface area contributed by atoms with Crippen LogP contribution in [0.25, 0.3) is 44.8 Å². The number of benzene rings is 4. The molecule has 0 saturated heterocycles. The first-order valence-electron chi connectivity index (χ1n) is 26.8. The number of hydrogen-bond acceptors (Lipinski definition) is 3. The van der Waals surface area contributed by atoms with E-state index < -0.39 is 0 Å². The Kier molecular flexibility index (Phi) is 11.7.